The first kappa shape index (κ1) is 13.6. The highest BCUT2D eigenvalue weighted by Crippen LogP contribution is 2.34. The van der Waals surface area contributed by atoms with Crippen LogP contribution in [0.2, 0.25) is 0 Å². The normalized spacial score (nSPS) is 12.5. The number of hydrogen-bond acceptors (Lipinski definition) is 3. The van der Waals surface area contributed by atoms with Crippen LogP contribution in [0.3, 0.4) is 0 Å². The molecule has 0 radical (unpaired) electrons. The summed E-state index contributed by atoms with van der Waals surface area (Å²) in [5.41, 5.74) is -2.36. The van der Waals surface area contributed by atoms with E-state index in [0.29, 0.717) is 18.4 Å². The van der Waals surface area contributed by atoms with Gasteiger partial charge in [0.05, 0.1) is 5.56 Å². The first-order chi connectivity index (χ1) is 7.59. The van der Waals surface area contributed by atoms with Crippen LogP contribution in [0.15, 0.2) is 17.0 Å². The fourth-order valence-electron chi connectivity index (χ4n) is 1.26. The molecule has 1 aromatic rings. The highest BCUT2D eigenvalue weighted by atomic mass is 32.2. The van der Waals surface area contributed by atoms with Crippen LogP contribution in [0.4, 0.5) is 17.6 Å². The van der Waals surface area contributed by atoms with Crippen LogP contribution in [0.25, 0.3) is 0 Å². The quantitative estimate of drug-likeness (QED) is 0.610. The Balaban J connectivity index is 3.73. The molecule has 0 unspecified atom stereocenters. The molecule has 0 bridgehead atoms. The topological polar surface area (TPSA) is 51.2 Å². The lowest BCUT2D eigenvalue weighted by Crippen LogP contribution is -2.14. The highest BCUT2D eigenvalue weighted by molar-refractivity contribution is 7.90. The highest BCUT2D eigenvalue weighted by Gasteiger charge is 2.37. The Bertz CT molecular complexity index is 560. The van der Waals surface area contributed by atoms with Crippen molar-refractivity contribution in [3.05, 3.63) is 29.1 Å². The van der Waals surface area contributed by atoms with Gasteiger partial charge in [-0.25, -0.2) is 12.8 Å². The minimum absolute atomic E-state index is 0.0143. The zero-order valence-corrected chi connectivity index (χ0v) is 9.19. The van der Waals surface area contributed by atoms with Gasteiger partial charge in [0.15, 0.2) is 21.9 Å². The number of alkyl halides is 3. The smallest absolute Gasteiger partial charge is 0.298 e. The molecule has 1 rings (SSSR count). The Hall–Kier alpha value is -1.44. The van der Waals surface area contributed by atoms with Crippen molar-refractivity contribution in [1.29, 1.82) is 0 Å². The number of hydrogen-bond donors (Lipinski definition) is 0. The van der Waals surface area contributed by atoms with Crippen LogP contribution in [0, 0.1) is 5.82 Å². The third kappa shape index (κ3) is 2.63. The van der Waals surface area contributed by atoms with Gasteiger partial charge in [-0.3, -0.25) is 4.79 Å². The summed E-state index contributed by atoms with van der Waals surface area (Å²) in [5, 5.41) is 0. The van der Waals surface area contributed by atoms with Crippen molar-refractivity contribution < 1.29 is 30.8 Å². The Morgan fingerprint density at radius 3 is 2.12 bits per heavy atom. The summed E-state index contributed by atoms with van der Waals surface area (Å²) >= 11 is 0. The van der Waals surface area contributed by atoms with E-state index >= 15 is 0 Å². The van der Waals surface area contributed by atoms with Gasteiger partial charge in [-0.15, -0.1) is 0 Å². The van der Waals surface area contributed by atoms with Crippen molar-refractivity contribution >= 4 is 16.1 Å². The standard InChI is InChI=1S/C9H6F4O3S/c1-17(15,16)8-5(4-14)2-3-6(7(8)10)9(11,12)13/h2-4H,1H3. The van der Waals surface area contributed by atoms with E-state index in [-0.39, 0.29) is 6.29 Å². The van der Waals surface area contributed by atoms with Crippen LogP contribution in [-0.2, 0) is 16.0 Å². The average molecular weight is 270 g/mol. The molecule has 0 saturated carbocycles. The molecular weight excluding hydrogens is 264 g/mol. The minimum atomic E-state index is -5.02. The van der Waals surface area contributed by atoms with Gasteiger partial charge in [0.1, 0.15) is 4.90 Å². The van der Waals surface area contributed by atoms with Crippen LogP contribution in [0.1, 0.15) is 15.9 Å². The predicted octanol–water partition coefficient (Wildman–Crippen LogP) is 2.06. The largest absolute Gasteiger partial charge is 0.419 e. The van der Waals surface area contributed by atoms with Crippen molar-refractivity contribution in [2.45, 2.75) is 11.1 Å². The van der Waals surface area contributed by atoms with E-state index in [2.05, 4.69) is 0 Å². The van der Waals surface area contributed by atoms with Crippen molar-refractivity contribution in [2.75, 3.05) is 6.26 Å². The number of sulfone groups is 1. The summed E-state index contributed by atoms with van der Waals surface area (Å²) in [4.78, 5) is 9.24. The van der Waals surface area contributed by atoms with Gasteiger partial charge in [0.2, 0.25) is 0 Å². The first-order valence-corrected chi connectivity index (χ1v) is 6.03. The summed E-state index contributed by atoms with van der Waals surface area (Å²) in [6.07, 6.45) is -4.51. The van der Waals surface area contributed by atoms with Crippen LogP contribution < -0.4 is 0 Å². The molecule has 17 heavy (non-hydrogen) atoms. The Kier molecular flexibility index (Phi) is 3.28. The number of halogens is 4. The van der Waals surface area contributed by atoms with Crippen molar-refractivity contribution in [2.24, 2.45) is 0 Å². The van der Waals surface area contributed by atoms with Crippen molar-refractivity contribution in [3.8, 4) is 0 Å². The van der Waals surface area contributed by atoms with Crippen LogP contribution >= 0.6 is 0 Å². The molecule has 0 amide bonds. The molecule has 0 aliphatic heterocycles. The molecule has 0 atom stereocenters. The van der Waals surface area contributed by atoms with Gasteiger partial charge in [-0.2, -0.15) is 13.2 Å². The van der Waals surface area contributed by atoms with Gasteiger partial charge >= 0.3 is 6.18 Å². The third-order valence-corrected chi connectivity index (χ3v) is 3.09. The lowest BCUT2D eigenvalue weighted by Gasteiger charge is -2.11. The Labute approximate surface area is 94.0 Å². The number of rotatable bonds is 2. The molecule has 0 fully saturated rings. The zero-order valence-electron chi connectivity index (χ0n) is 8.38. The van der Waals surface area contributed by atoms with E-state index in [1.807, 2.05) is 0 Å². The van der Waals surface area contributed by atoms with E-state index in [0.717, 1.165) is 0 Å². The van der Waals surface area contributed by atoms with E-state index in [4.69, 9.17) is 0 Å². The summed E-state index contributed by atoms with van der Waals surface area (Å²) in [6.45, 7) is 0. The fraction of sp³-hybridized carbons (Fsp3) is 0.222. The molecule has 0 heterocycles. The molecule has 3 nitrogen and oxygen atoms in total. The van der Waals surface area contributed by atoms with E-state index in [1.54, 1.807) is 0 Å². The Morgan fingerprint density at radius 2 is 1.76 bits per heavy atom. The number of benzene rings is 1. The number of carbonyl (C=O) groups is 1. The molecule has 0 spiro atoms. The second-order valence-electron chi connectivity index (χ2n) is 3.23. The second kappa shape index (κ2) is 4.10. The molecule has 0 aliphatic rings. The first-order valence-electron chi connectivity index (χ1n) is 4.14. The van der Waals surface area contributed by atoms with Gasteiger partial charge in [-0.05, 0) is 12.1 Å². The van der Waals surface area contributed by atoms with E-state index in [1.165, 1.54) is 0 Å². The van der Waals surface area contributed by atoms with E-state index in [9.17, 15) is 30.8 Å². The maximum atomic E-state index is 13.5. The summed E-state index contributed by atoms with van der Waals surface area (Å²) in [7, 11) is -4.27. The van der Waals surface area contributed by atoms with Gasteiger partial charge in [0, 0.05) is 11.8 Å². The van der Waals surface area contributed by atoms with Crippen LogP contribution in [-0.4, -0.2) is 21.0 Å². The van der Waals surface area contributed by atoms with Gasteiger partial charge in [0.25, 0.3) is 0 Å². The fourth-order valence-corrected chi connectivity index (χ4v) is 2.24. The van der Waals surface area contributed by atoms with Crippen LogP contribution in [0.5, 0.6) is 0 Å². The molecule has 0 aromatic heterocycles. The molecule has 0 aliphatic carbocycles. The molecule has 1 aromatic carbocycles. The average Bonchev–Trinajstić information content (AvgIpc) is 2.12. The lowest BCUT2D eigenvalue weighted by molar-refractivity contribution is -0.140. The van der Waals surface area contributed by atoms with Crippen molar-refractivity contribution in [3.63, 3.8) is 0 Å². The minimum Gasteiger partial charge on any atom is -0.298 e. The third-order valence-electron chi connectivity index (χ3n) is 1.93. The molecule has 0 saturated heterocycles. The summed E-state index contributed by atoms with van der Waals surface area (Å²) in [6, 6.07) is 0.947. The maximum absolute atomic E-state index is 13.5. The number of carbonyl (C=O) groups excluding carboxylic acids is 1. The second-order valence-corrected chi connectivity index (χ2v) is 5.19. The molecule has 8 heteroatoms. The summed E-state index contributed by atoms with van der Waals surface area (Å²) in [5.74, 6) is -1.95. The summed E-state index contributed by atoms with van der Waals surface area (Å²) < 4.78 is 72.7. The molecular formula is C9H6F4O3S. The van der Waals surface area contributed by atoms with Gasteiger partial charge < -0.3 is 0 Å². The Morgan fingerprint density at radius 1 is 1.24 bits per heavy atom. The molecule has 94 valence electrons. The van der Waals surface area contributed by atoms with E-state index < -0.39 is 37.9 Å². The van der Waals surface area contributed by atoms with Gasteiger partial charge in [-0.1, -0.05) is 0 Å². The molecule has 0 N–H and O–H groups in total. The maximum Gasteiger partial charge on any atom is 0.419 e. The number of aldehydes is 1. The zero-order chi connectivity index (χ0) is 13.4. The monoisotopic (exact) mass is 270 g/mol. The lowest BCUT2D eigenvalue weighted by atomic mass is 10.1. The predicted molar refractivity (Wildman–Crippen MR) is 49.9 cm³/mol. The van der Waals surface area contributed by atoms with Crippen molar-refractivity contribution in [1.82, 2.24) is 0 Å². The SMILES string of the molecule is CS(=O)(=O)c1c(C=O)ccc(C(F)(F)F)c1F.